The van der Waals surface area contributed by atoms with Gasteiger partial charge in [0, 0.05) is 30.4 Å². The quantitative estimate of drug-likeness (QED) is 0.271. The van der Waals surface area contributed by atoms with E-state index in [2.05, 4.69) is 6.92 Å². The molecule has 1 N–H and O–H groups in total. The standard InChI is InChI=1S/C27H40O4/c1-4-5-11-21-12-9-10-13-22(21)17-23(29)14-7-6-8-15-26(30)25-16-19(2)27(31)18-24(25)20(3)28/h16,18,21-22,31H,4-15,17H2,1-3H3. The van der Waals surface area contributed by atoms with Crippen molar-refractivity contribution in [1.82, 2.24) is 0 Å². The molecule has 31 heavy (non-hydrogen) atoms. The molecule has 0 aliphatic heterocycles. The van der Waals surface area contributed by atoms with Gasteiger partial charge >= 0.3 is 0 Å². The Hall–Kier alpha value is -1.97. The second-order valence-electron chi connectivity index (χ2n) is 9.41. The van der Waals surface area contributed by atoms with Crippen LogP contribution in [-0.2, 0) is 4.79 Å². The van der Waals surface area contributed by atoms with Gasteiger partial charge in [0.25, 0.3) is 0 Å². The number of carbonyl (C=O) groups is 3. The van der Waals surface area contributed by atoms with Gasteiger partial charge in [-0.3, -0.25) is 14.4 Å². The summed E-state index contributed by atoms with van der Waals surface area (Å²) in [7, 11) is 0. The molecular formula is C27H40O4. The minimum Gasteiger partial charge on any atom is -0.508 e. The van der Waals surface area contributed by atoms with Crippen LogP contribution in [0.3, 0.4) is 0 Å². The fourth-order valence-corrected chi connectivity index (χ4v) is 4.93. The summed E-state index contributed by atoms with van der Waals surface area (Å²) in [6, 6.07) is 3.00. The maximum Gasteiger partial charge on any atom is 0.163 e. The van der Waals surface area contributed by atoms with Gasteiger partial charge < -0.3 is 5.11 Å². The van der Waals surface area contributed by atoms with Crippen LogP contribution in [0.2, 0.25) is 0 Å². The molecule has 1 aromatic carbocycles. The topological polar surface area (TPSA) is 71.4 Å². The lowest BCUT2D eigenvalue weighted by Crippen LogP contribution is -2.22. The zero-order valence-electron chi connectivity index (χ0n) is 19.7. The molecule has 1 fully saturated rings. The highest BCUT2D eigenvalue weighted by atomic mass is 16.3. The molecule has 0 bridgehead atoms. The normalized spacial score (nSPS) is 18.7. The highest BCUT2D eigenvalue weighted by molar-refractivity contribution is 6.08. The summed E-state index contributed by atoms with van der Waals surface area (Å²) in [5.41, 5.74) is 1.28. The predicted molar refractivity (Wildman–Crippen MR) is 125 cm³/mol. The molecular weight excluding hydrogens is 388 g/mol. The number of hydrogen-bond donors (Lipinski definition) is 1. The van der Waals surface area contributed by atoms with Gasteiger partial charge in [0.05, 0.1) is 0 Å². The fourth-order valence-electron chi connectivity index (χ4n) is 4.93. The zero-order valence-corrected chi connectivity index (χ0v) is 19.7. The number of aromatic hydroxyl groups is 1. The maximum absolute atomic E-state index is 12.6. The first-order valence-electron chi connectivity index (χ1n) is 12.2. The Morgan fingerprint density at radius 1 is 0.935 bits per heavy atom. The molecule has 2 unspecified atom stereocenters. The number of rotatable bonds is 13. The van der Waals surface area contributed by atoms with Gasteiger partial charge in [-0.15, -0.1) is 0 Å². The van der Waals surface area contributed by atoms with Crippen LogP contribution >= 0.6 is 0 Å². The molecule has 0 aromatic heterocycles. The lowest BCUT2D eigenvalue weighted by atomic mass is 9.74. The van der Waals surface area contributed by atoms with Gasteiger partial charge in [-0.25, -0.2) is 0 Å². The molecule has 0 spiro atoms. The van der Waals surface area contributed by atoms with Gasteiger partial charge in [-0.05, 0) is 62.6 Å². The molecule has 4 heteroatoms. The van der Waals surface area contributed by atoms with Gasteiger partial charge in [0.15, 0.2) is 11.6 Å². The Morgan fingerprint density at radius 3 is 2.29 bits per heavy atom. The van der Waals surface area contributed by atoms with Crippen molar-refractivity contribution in [3.05, 3.63) is 28.8 Å². The highest BCUT2D eigenvalue weighted by Gasteiger charge is 2.26. The van der Waals surface area contributed by atoms with Crippen molar-refractivity contribution in [3.63, 3.8) is 0 Å². The average Bonchev–Trinajstić information content (AvgIpc) is 2.74. The van der Waals surface area contributed by atoms with E-state index in [9.17, 15) is 19.5 Å². The molecule has 1 saturated carbocycles. The summed E-state index contributed by atoms with van der Waals surface area (Å²) < 4.78 is 0. The average molecular weight is 429 g/mol. The van der Waals surface area contributed by atoms with Crippen molar-refractivity contribution in [2.45, 2.75) is 104 Å². The van der Waals surface area contributed by atoms with Crippen molar-refractivity contribution < 1.29 is 19.5 Å². The van der Waals surface area contributed by atoms with E-state index in [4.69, 9.17) is 0 Å². The largest absolute Gasteiger partial charge is 0.508 e. The number of unbranched alkanes of at least 4 members (excludes halogenated alkanes) is 3. The number of Topliss-reactive ketones (excluding diaryl/α,β-unsaturated/α-hetero) is 3. The summed E-state index contributed by atoms with van der Waals surface area (Å²) in [5, 5.41) is 9.83. The van der Waals surface area contributed by atoms with E-state index in [1.807, 2.05) is 0 Å². The van der Waals surface area contributed by atoms with Crippen LogP contribution in [0.5, 0.6) is 5.75 Å². The van der Waals surface area contributed by atoms with E-state index in [0.717, 1.165) is 25.2 Å². The second-order valence-corrected chi connectivity index (χ2v) is 9.41. The Balaban J connectivity index is 1.74. The molecule has 0 heterocycles. The summed E-state index contributed by atoms with van der Waals surface area (Å²) in [5.74, 6) is 1.45. The van der Waals surface area contributed by atoms with E-state index in [1.54, 1.807) is 13.0 Å². The van der Waals surface area contributed by atoms with E-state index in [0.29, 0.717) is 42.1 Å². The zero-order chi connectivity index (χ0) is 22.8. The first kappa shape index (κ1) is 25.3. The monoisotopic (exact) mass is 428 g/mol. The van der Waals surface area contributed by atoms with Crippen molar-refractivity contribution in [1.29, 1.82) is 0 Å². The number of hydrogen-bond acceptors (Lipinski definition) is 4. The van der Waals surface area contributed by atoms with Crippen molar-refractivity contribution >= 4 is 17.3 Å². The van der Waals surface area contributed by atoms with Gasteiger partial charge in [0.2, 0.25) is 0 Å². The van der Waals surface area contributed by atoms with Crippen molar-refractivity contribution in [3.8, 4) is 5.75 Å². The van der Waals surface area contributed by atoms with Crippen LogP contribution < -0.4 is 0 Å². The molecule has 1 aliphatic rings. The SMILES string of the molecule is CCCCC1CCCCC1CC(=O)CCCCCC(=O)c1cc(C)c(O)cc1C(C)=O. The van der Waals surface area contributed by atoms with E-state index in [-0.39, 0.29) is 22.9 Å². The van der Waals surface area contributed by atoms with Crippen LogP contribution in [0.4, 0.5) is 0 Å². The molecule has 2 rings (SSSR count). The number of carbonyl (C=O) groups excluding carboxylic acids is 3. The van der Waals surface area contributed by atoms with Crippen LogP contribution in [0, 0.1) is 18.8 Å². The summed E-state index contributed by atoms with van der Waals surface area (Å²) >= 11 is 0. The van der Waals surface area contributed by atoms with Crippen LogP contribution in [0.25, 0.3) is 0 Å². The summed E-state index contributed by atoms with van der Waals surface area (Å²) in [6.07, 6.45) is 13.0. The molecule has 1 aromatic rings. The van der Waals surface area contributed by atoms with Crippen molar-refractivity contribution in [2.75, 3.05) is 0 Å². The fraction of sp³-hybridized carbons (Fsp3) is 0.667. The predicted octanol–water partition coefficient (Wildman–Crippen LogP) is 6.99. The third-order valence-corrected chi connectivity index (χ3v) is 6.86. The first-order valence-corrected chi connectivity index (χ1v) is 12.2. The lowest BCUT2D eigenvalue weighted by Gasteiger charge is -2.31. The highest BCUT2D eigenvalue weighted by Crippen LogP contribution is 2.36. The molecule has 0 radical (unpaired) electrons. The van der Waals surface area contributed by atoms with Gasteiger partial charge in [-0.1, -0.05) is 51.9 Å². The van der Waals surface area contributed by atoms with Crippen LogP contribution in [0.1, 0.15) is 124 Å². The van der Waals surface area contributed by atoms with Crippen LogP contribution in [-0.4, -0.2) is 22.5 Å². The smallest absolute Gasteiger partial charge is 0.163 e. The van der Waals surface area contributed by atoms with E-state index in [1.165, 1.54) is 57.9 Å². The Bertz CT molecular complexity index is 765. The minimum absolute atomic E-state index is 0.0372. The van der Waals surface area contributed by atoms with Gasteiger partial charge in [0.1, 0.15) is 11.5 Å². The Labute approximate surface area is 187 Å². The number of aryl methyl sites for hydroxylation is 1. The van der Waals surface area contributed by atoms with Crippen molar-refractivity contribution in [2.24, 2.45) is 11.8 Å². The summed E-state index contributed by atoms with van der Waals surface area (Å²) in [4.78, 5) is 37.0. The molecule has 1 aliphatic carbocycles. The molecule has 172 valence electrons. The lowest BCUT2D eigenvalue weighted by molar-refractivity contribution is -0.120. The van der Waals surface area contributed by atoms with E-state index >= 15 is 0 Å². The maximum atomic E-state index is 12.6. The number of ketones is 3. The van der Waals surface area contributed by atoms with Crippen LogP contribution in [0.15, 0.2) is 12.1 Å². The second kappa shape index (κ2) is 12.8. The molecule has 4 nitrogen and oxygen atoms in total. The van der Waals surface area contributed by atoms with E-state index < -0.39 is 0 Å². The van der Waals surface area contributed by atoms with Gasteiger partial charge in [-0.2, -0.15) is 0 Å². The Kier molecular flexibility index (Phi) is 10.4. The third-order valence-electron chi connectivity index (χ3n) is 6.86. The number of benzene rings is 1. The Morgan fingerprint density at radius 2 is 1.61 bits per heavy atom. The summed E-state index contributed by atoms with van der Waals surface area (Å²) in [6.45, 7) is 5.36. The first-order chi connectivity index (χ1) is 14.8. The molecule has 0 amide bonds. The third kappa shape index (κ3) is 7.90. The number of phenols is 1. The minimum atomic E-state index is -0.218. The number of phenolic OH excluding ortho intramolecular Hbond substituents is 1. The molecule has 0 saturated heterocycles. The molecule has 2 atom stereocenters.